The van der Waals surface area contributed by atoms with Gasteiger partial charge < -0.3 is 5.11 Å². The number of rotatable bonds is 22. The monoisotopic (exact) mass is 434 g/mol. The zero-order valence-corrected chi connectivity index (χ0v) is 20.2. The summed E-state index contributed by atoms with van der Waals surface area (Å²) in [6.45, 7) is 4.42. The molecule has 29 heavy (non-hydrogen) atoms. The molecule has 0 saturated carbocycles. The third-order valence-corrected chi connectivity index (χ3v) is 7.32. The van der Waals surface area contributed by atoms with E-state index in [0.717, 1.165) is 57.8 Å². The topological polar surface area (TPSA) is 74.6 Å². The summed E-state index contributed by atoms with van der Waals surface area (Å²) in [5.41, 5.74) is 0. The highest BCUT2D eigenvalue weighted by Gasteiger charge is 2.21. The summed E-state index contributed by atoms with van der Waals surface area (Å²) in [7, 11) is -3.94. The Bertz CT molecular complexity index is 436. The van der Waals surface area contributed by atoms with Crippen LogP contribution in [0.4, 0.5) is 0 Å². The molecule has 0 aromatic carbocycles. The van der Waals surface area contributed by atoms with Crippen molar-refractivity contribution in [3.63, 3.8) is 0 Å². The summed E-state index contributed by atoms with van der Waals surface area (Å²) >= 11 is 0. The Morgan fingerprint density at radius 2 is 0.862 bits per heavy atom. The van der Waals surface area contributed by atoms with Crippen LogP contribution < -0.4 is 0 Å². The first-order chi connectivity index (χ1) is 13.9. The fourth-order valence-electron chi connectivity index (χ4n) is 4.00. The van der Waals surface area contributed by atoms with Crippen LogP contribution in [0, 0.1) is 0 Å². The lowest BCUT2D eigenvalue weighted by atomic mass is 10.0. The van der Waals surface area contributed by atoms with E-state index in [9.17, 15) is 18.1 Å². The van der Waals surface area contributed by atoms with Gasteiger partial charge in [0.25, 0.3) is 10.1 Å². The third-order valence-electron chi connectivity index (χ3n) is 6.01. The molecule has 0 aromatic rings. The maximum atomic E-state index is 11.6. The van der Waals surface area contributed by atoms with E-state index >= 15 is 0 Å². The maximum absolute atomic E-state index is 11.6. The fourth-order valence-corrected chi connectivity index (χ4v) is 4.93. The summed E-state index contributed by atoms with van der Waals surface area (Å²) in [6.07, 6.45) is 20.9. The highest BCUT2D eigenvalue weighted by molar-refractivity contribution is 7.86. The SMILES string of the molecule is CCCCCCCCCC(CCCCCC(O)CCCCCCCC)S(=O)(=O)O. The largest absolute Gasteiger partial charge is 0.393 e. The van der Waals surface area contributed by atoms with Crippen molar-refractivity contribution in [3.8, 4) is 0 Å². The molecule has 0 saturated heterocycles. The maximum Gasteiger partial charge on any atom is 0.267 e. The predicted octanol–water partition coefficient (Wildman–Crippen LogP) is 7.45. The minimum absolute atomic E-state index is 0.216. The Kier molecular flexibility index (Phi) is 19.7. The molecule has 2 N–H and O–H groups in total. The number of aliphatic hydroxyl groups is 1. The van der Waals surface area contributed by atoms with Crippen LogP contribution >= 0.6 is 0 Å². The van der Waals surface area contributed by atoms with Crippen LogP contribution in [0.2, 0.25) is 0 Å². The van der Waals surface area contributed by atoms with Crippen LogP contribution in [0.5, 0.6) is 0 Å². The Hall–Kier alpha value is -0.130. The second-order valence-corrected chi connectivity index (χ2v) is 10.6. The number of hydrogen-bond acceptors (Lipinski definition) is 3. The second kappa shape index (κ2) is 19.8. The van der Waals surface area contributed by atoms with Crippen molar-refractivity contribution < 1.29 is 18.1 Å². The molecule has 2 atom stereocenters. The molecule has 0 amide bonds. The molecule has 2 unspecified atom stereocenters. The standard InChI is InChI=1S/C24H50O4S/c1-3-5-7-9-11-13-17-21-24(29(26,27)28)22-18-14-16-20-23(25)19-15-12-10-8-6-4-2/h23-25H,3-22H2,1-2H3,(H,26,27,28). The molecule has 0 aliphatic rings. The lowest BCUT2D eigenvalue weighted by Gasteiger charge is -2.14. The first-order valence-electron chi connectivity index (χ1n) is 12.6. The fraction of sp³-hybridized carbons (Fsp3) is 1.00. The summed E-state index contributed by atoms with van der Waals surface area (Å²) in [5.74, 6) is 0. The van der Waals surface area contributed by atoms with Crippen molar-refractivity contribution in [2.45, 2.75) is 154 Å². The average molecular weight is 435 g/mol. The van der Waals surface area contributed by atoms with Crippen LogP contribution in [-0.4, -0.2) is 29.4 Å². The van der Waals surface area contributed by atoms with Gasteiger partial charge in [-0.3, -0.25) is 4.55 Å². The molecule has 0 rings (SSSR count). The van der Waals surface area contributed by atoms with Gasteiger partial charge in [-0.25, -0.2) is 0 Å². The average Bonchev–Trinajstić information content (AvgIpc) is 2.67. The van der Waals surface area contributed by atoms with E-state index in [1.165, 1.54) is 57.8 Å². The van der Waals surface area contributed by atoms with Gasteiger partial charge in [0, 0.05) is 0 Å². The van der Waals surface area contributed by atoms with Gasteiger partial charge in [-0.2, -0.15) is 8.42 Å². The van der Waals surface area contributed by atoms with Crippen LogP contribution in [0.15, 0.2) is 0 Å². The van der Waals surface area contributed by atoms with E-state index in [1.54, 1.807) is 0 Å². The van der Waals surface area contributed by atoms with E-state index in [-0.39, 0.29) is 6.10 Å². The summed E-state index contributed by atoms with van der Waals surface area (Å²) in [4.78, 5) is 0. The molecule has 0 aromatic heterocycles. The van der Waals surface area contributed by atoms with Gasteiger partial charge in [0.05, 0.1) is 11.4 Å². The molecule has 0 aliphatic carbocycles. The van der Waals surface area contributed by atoms with E-state index in [4.69, 9.17) is 0 Å². The predicted molar refractivity (Wildman–Crippen MR) is 125 cm³/mol. The molecule has 0 radical (unpaired) electrons. The first-order valence-corrected chi connectivity index (χ1v) is 14.1. The van der Waals surface area contributed by atoms with Gasteiger partial charge in [-0.1, -0.05) is 117 Å². The quantitative estimate of drug-likeness (QED) is 0.137. The minimum Gasteiger partial charge on any atom is -0.393 e. The van der Waals surface area contributed by atoms with E-state index in [1.807, 2.05) is 0 Å². The molecule has 0 fully saturated rings. The van der Waals surface area contributed by atoms with E-state index in [2.05, 4.69) is 13.8 Å². The molecular weight excluding hydrogens is 384 g/mol. The normalized spacial score (nSPS) is 14.2. The molecule has 0 bridgehead atoms. The Morgan fingerprint density at radius 1 is 0.552 bits per heavy atom. The van der Waals surface area contributed by atoms with E-state index in [0.29, 0.717) is 12.8 Å². The molecule has 5 heteroatoms. The highest BCUT2D eigenvalue weighted by Crippen LogP contribution is 2.20. The van der Waals surface area contributed by atoms with Crippen molar-refractivity contribution in [3.05, 3.63) is 0 Å². The zero-order chi connectivity index (χ0) is 21.8. The van der Waals surface area contributed by atoms with Gasteiger partial charge in [0.1, 0.15) is 0 Å². The number of unbranched alkanes of at least 4 members (excludes halogenated alkanes) is 13. The van der Waals surface area contributed by atoms with Crippen molar-refractivity contribution in [1.29, 1.82) is 0 Å². The number of aliphatic hydroxyl groups excluding tert-OH is 1. The molecule has 0 aliphatic heterocycles. The van der Waals surface area contributed by atoms with E-state index < -0.39 is 15.4 Å². The Balaban J connectivity index is 3.76. The zero-order valence-electron chi connectivity index (χ0n) is 19.4. The number of hydrogen-bond donors (Lipinski definition) is 2. The lowest BCUT2D eigenvalue weighted by molar-refractivity contribution is 0.147. The van der Waals surface area contributed by atoms with Gasteiger partial charge >= 0.3 is 0 Å². The summed E-state index contributed by atoms with van der Waals surface area (Å²) in [5, 5.41) is 9.47. The Morgan fingerprint density at radius 3 is 1.24 bits per heavy atom. The first kappa shape index (κ1) is 28.9. The molecule has 0 heterocycles. The van der Waals surface area contributed by atoms with Crippen molar-refractivity contribution >= 4 is 10.1 Å². The van der Waals surface area contributed by atoms with Crippen LogP contribution in [0.1, 0.15) is 142 Å². The van der Waals surface area contributed by atoms with Gasteiger partial charge in [0.2, 0.25) is 0 Å². The van der Waals surface area contributed by atoms with Crippen molar-refractivity contribution in [1.82, 2.24) is 0 Å². The highest BCUT2D eigenvalue weighted by atomic mass is 32.2. The third kappa shape index (κ3) is 19.6. The van der Waals surface area contributed by atoms with Crippen LogP contribution in [0.25, 0.3) is 0 Å². The van der Waals surface area contributed by atoms with Gasteiger partial charge in [-0.05, 0) is 25.7 Å². The molecule has 176 valence electrons. The minimum atomic E-state index is -3.94. The van der Waals surface area contributed by atoms with Gasteiger partial charge in [0.15, 0.2) is 0 Å². The lowest BCUT2D eigenvalue weighted by Crippen LogP contribution is -2.20. The van der Waals surface area contributed by atoms with Crippen molar-refractivity contribution in [2.75, 3.05) is 0 Å². The second-order valence-electron chi connectivity index (χ2n) is 8.90. The summed E-state index contributed by atoms with van der Waals surface area (Å²) < 4.78 is 32.8. The van der Waals surface area contributed by atoms with Crippen LogP contribution in [0.3, 0.4) is 0 Å². The van der Waals surface area contributed by atoms with Crippen molar-refractivity contribution in [2.24, 2.45) is 0 Å². The molecule has 0 spiro atoms. The Labute approximate surface area is 182 Å². The van der Waals surface area contributed by atoms with Gasteiger partial charge in [-0.15, -0.1) is 0 Å². The molecular formula is C24H50O4S. The summed E-state index contributed by atoms with van der Waals surface area (Å²) in [6, 6.07) is 0. The van der Waals surface area contributed by atoms with Crippen LogP contribution in [-0.2, 0) is 10.1 Å². The molecule has 4 nitrogen and oxygen atoms in total. The smallest absolute Gasteiger partial charge is 0.267 e.